The second kappa shape index (κ2) is 2.91. The molecular formula is C11H14. The highest BCUT2D eigenvalue weighted by Gasteiger charge is 1.99. The van der Waals surface area contributed by atoms with E-state index in [0.29, 0.717) is 0 Å². The van der Waals surface area contributed by atoms with Crippen LogP contribution >= 0.6 is 0 Å². The Morgan fingerprint density at radius 2 is 1.64 bits per heavy atom. The molecule has 58 valence electrons. The minimum absolute atomic E-state index is 1.28. The molecule has 0 N–H and O–H groups in total. The third-order valence-electron chi connectivity index (χ3n) is 2.21. The lowest BCUT2D eigenvalue weighted by Crippen LogP contribution is -1.88. The van der Waals surface area contributed by atoms with Gasteiger partial charge in [-0.25, -0.2) is 0 Å². The van der Waals surface area contributed by atoms with Crippen LogP contribution in [0.15, 0.2) is 18.7 Å². The molecule has 0 aliphatic heterocycles. The van der Waals surface area contributed by atoms with Gasteiger partial charge in [0, 0.05) is 0 Å². The first kappa shape index (κ1) is 8.06. The maximum absolute atomic E-state index is 3.79. The fourth-order valence-electron chi connectivity index (χ4n) is 1.29. The summed E-state index contributed by atoms with van der Waals surface area (Å²) in [5.41, 5.74) is 5.28. The maximum atomic E-state index is 3.79. The quantitative estimate of drug-likeness (QED) is 0.570. The van der Waals surface area contributed by atoms with E-state index in [9.17, 15) is 0 Å². The summed E-state index contributed by atoms with van der Waals surface area (Å²) in [6.07, 6.45) is 1.93. The van der Waals surface area contributed by atoms with Gasteiger partial charge in [-0.2, -0.15) is 0 Å². The van der Waals surface area contributed by atoms with Crippen molar-refractivity contribution in [2.45, 2.75) is 20.8 Å². The van der Waals surface area contributed by atoms with Crippen molar-refractivity contribution in [2.24, 2.45) is 0 Å². The Hall–Kier alpha value is -1.04. The second-order valence-corrected chi connectivity index (χ2v) is 2.94. The largest absolute Gasteiger partial charge is 0.0985 e. The van der Waals surface area contributed by atoms with Crippen LogP contribution in [0.3, 0.4) is 0 Å². The van der Waals surface area contributed by atoms with Gasteiger partial charge < -0.3 is 0 Å². The molecule has 0 aliphatic rings. The summed E-state index contributed by atoms with van der Waals surface area (Å²) in [7, 11) is 0. The van der Waals surface area contributed by atoms with Crippen LogP contribution in [-0.2, 0) is 0 Å². The molecule has 0 bridgehead atoms. The van der Waals surface area contributed by atoms with Crippen molar-refractivity contribution in [2.75, 3.05) is 0 Å². The molecule has 0 amide bonds. The number of hydrogen-bond acceptors (Lipinski definition) is 0. The van der Waals surface area contributed by atoms with E-state index < -0.39 is 0 Å². The monoisotopic (exact) mass is 146 g/mol. The van der Waals surface area contributed by atoms with Gasteiger partial charge in [0.05, 0.1) is 0 Å². The summed E-state index contributed by atoms with van der Waals surface area (Å²) in [5.74, 6) is 0. The first-order valence-electron chi connectivity index (χ1n) is 3.86. The van der Waals surface area contributed by atoms with Crippen LogP contribution < -0.4 is 0 Å². The van der Waals surface area contributed by atoms with Crippen LogP contribution in [0.4, 0.5) is 0 Å². The Balaban J connectivity index is 3.40. The molecule has 0 heterocycles. The zero-order valence-corrected chi connectivity index (χ0v) is 7.44. The van der Waals surface area contributed by atoms with Crippen molar-refractivity contribution >= 4 is 6.08 Å². The topological polar surface area (TPSA) is 0 Å². The van der Waals surface area contributed by atoms with Gasteiger partial charge in [0.15, 0.2) is 0 Å². The van der Waals surface area contributed by atoms with E-state index in [1.807, 2.05) is 6.08 Å². The standard InChI is InChI=1S/C11H14/c1-5-11-9(3)7-6-8(2)10(11)4/h5-7H,1H2,2-4H3. The number of rotatable bonds is 1. The maximum Gasteiger partial charge on any atom is -0.0201 e. The predicted octanol–water partition coefficient (Wildman–Crippen LogP) is 3.25. The minimum atomic E-state index is 1.28. The van der Waals surface area contributed by atoms with Gasteiger partial charge in [-0.3, -0.25) is 0 Å². The zero-order chi connectivity index (χ0) is 8.43. The fraction of sp³-hybridized carbons (Fsp3) is 0.273. The smallest absolute Gasteiger partial charge is 0.0201 e. The lowest BCUT2D eigenvalue weighted by molar-refractivity contribution is 1.28. The summed E-state index contributed by atoms with van der Waals surface area (Å²) >= 11 is 0. The molecule has 0 fully saturated rings. The van der Waals surface area contributed by atoms with Gasteiger partial charge in [-0.05, 0) is 43.0 Å². The minimum Gasteiger partial charge on any atom is -0.0985 e. The Kier molecular flexibility index (Phi) is 2.13. The molecule has 0 heteroatoms. The van der Waals surface area contributed by atoms with Crippen LogP contribution in [0.25, 0.3) is 6.08 Å². The summed E-state index contributed by atoms with van der Waals surface area (Å²) in [6, 6.07) is 4.29. The van der Waals surface area contributed by atoms with Crippen molar-refractivity contribution in [1.82, 2.24) is 0 Å². The summed E-state index contributed by atoms with van der Waals surface area (Å²) in [4.78, 5) is 0. The number of hydrogen-bond donors (Lipinski definition) is 0. The van der Waals surface area contributed by atoms with E-state index in [-0.39, 0.29) is 0 Å². The van der Waals surface area contributed by atoms with Crippen LogP contribution in [0.2, 0.25) is 0 Å². The van der Waals surface area contributed by atoms with Crippen molar-refractivity contribution in [3.05, 3.63) is 41.0 Å². The predicted molar refractivity (Wildman–Crippen MR) is 50.7 cm³/mol. The van der Waals surface area contributed by atoms with E-state index in [2.05, 4.69) is 39.5 Å². The van der Waals surface area contributed by atoms with Crippen molar-refractivity contribution < 1.29 is 0 Å². The average Bonchev–Trinajstić information content (AvgIpc) is 1.99. The molecular weight excluding hydrogens is 132 g/mol. The molecule has 1 rings (SSSR count). The highest BCUT2D eigenvalue weighted by atomic mass is 14.0. The molecule has 0 saturated heterocycles. The van der Waals surface area contributed by atoms with Gasteiger partial charge >= 0.3 is 0 Å². The van der Waals surface area contributed by atoms with Gasteiger partial charge in [0.1, 0.15) is 0 Å². The lowest BCUT2D eigenvalue weighted by atomic mass is 9.99. The van der Waals surface area contributed by atoms with Crippen molar-refractivity contribution in [1.29, 1.82) is 0 Å². The van der Waals surface area contributed by atoms with Crippen LogP contribution in [-0.4, -0.2) is 0 Å². The molecule has 1 aromatic rings. The van der Waals surface area contributed by atoms with Crippen LogP contribution in [0.5, 0.6) is 0 Å². The highest BCUT2D eigenvalue weighted by molar-refractivity contribution is 5.57. The van der Waals surface area contributed by atoms with Crippen molar-refractivity contribution in [3.8, 4) is 0 Å². The molecule has 11 heavy (non-hydrogen) atoms. The average molecular weight is 146 g/mol. The first-order valence-corrected chi connectivity index (χ1v) is 3.86. The highest BCUT2D eigenvalue weighted by Crippen LogP contribution is 2.17. The van der Waals surface area contributed by atoms with Gasteiger partial charge in [-0.15, -0.1) is 0 Å². The van der Waals surface area contributed by atoms with Crippen LogP contribution in [0.1, 0.15) is 22.3 Å². The summed E-state index contributed by atoms with van der Waals surface area (Å²) < 4.78 is 0. The zero-order valence-electron chi connectivity index (χ0n) is 7.44. The molecule has 0 unspecified atom stereocenters. The Bertz CT molecular complexity index is 282. The Morgan fingerprint density at radius 1 is 1.09 bits per heavy atom. The van der Waals surface area contributed by atoms with Crippen molar-refractivity contribution in [3.63, 3.8) is 0 Å². The Morgan fingerprint density at radius 3 is 2.09 bits per heavy atom. The van der Waals surface area contributed by atoms with Gasteiger partial charge in [0.2, 0.25) is 0 Å². The third-order valence-corrected chi connectivity index (χ3v) is 2.21. The van der Waals surface area contributed by atoms with E-state index in [4.69, 9.17) is 0 Å². The normalized spacial score (nSPS) is 9.73. The summed E-state index contributed by atoms with van der Waals surface area (Å²) in [6.45, 7) is 10.2. The number of benzene rings is 1. The van der Waals surface area contributed by atoms with E-state index in [0.717, 1.165) is 0 Å². The van der Waals surface area contributed by atoms with Gasteiger partial charge in [0.25, 0.3) is 0 Å². The molecule has 1 aromatic carbocycles. The van der Waals surface area contributed by atoms with E-state index in [1.54, 1.807) is 0 Å². The molecule has 0 atom stereocenters. The van der Waals surface area contributed by atoms with E-state index >= 15 is 0 Å². The lowest BCUT2D eigenvalue weighted by Gasteiger charge is -2.07. The van der Waals surface area contributed by atoms with Gasteiger partial charge in [-0.1, -0.05) is 24.8 Å². The molecule has 0 saturated carbocycles. The molecule has 0 spiro atoms. The van der Waals surface area contributed by atoms with Crippen LogP contribution in [0, 0.1) is 20.8 Å². The molecule has 0 aromatic heterocycles. The molecule has 0 radical (unpaired) electrons. The second-order valence-electron chi connectivity index (χ2n) is 2.94. The first-order chi connectivity index (χ1) is 5.16. The molecule has 0 nitrogen and oxygen atoms in total. The number of aryl methyl sites for hydroxylation is 2. The fourth-order valence-corrected chi connectivity index (χ4v) is 1.29. The molecule has 0 aliphatic carbocycles. The SMILES string of the molecule is C=Cc1c(C)ccc(C)c1C. The summed E-state index contributed by atoms with van der Waals surface area (Å²) in [5, 5.41) is 0. The van der Waals surface area contributed by atoms with E-state index in [1.165, 1.54) is 22.3 Å². The third kappa shape index (κ3) is 1.35. The Labute approximate surface area is 68.6 Å².